The van der Waals surface area contributed by atoms with Crippen LogP contribution in [0.3, 0.4) is 0 Å². The van der Waals surface area contributed by atoms with Crippen LogP contribution in [-0.4, -0.2) is 12.1 Å². The molecule has 2 nitrogen and oxygen atoms in total. The lowest BCUT2D eigenvalue weighted by atomic mass is 9.73. The van der Waals surface area contributed by atoms with E-state index in [0.29, 0.717) is 5.92 Å². The van der Waals surface area contributed by atoms with E-state index in [4.69, 9.17) is 4.74 Å². The highest BCUT2D eigenvalue weighted by atomic mass is 16.5. The molecule has 24 heavy (non-hydrogen) atoms. The quantitative estimate of drug-likeness (QED) is 0.546. The highest BCUT2D eigenvalue weighted by Gasteiger charge is 2.53. The summed E-state index contributed by atoms with van der Waals surface area (Å²) in [5.74, 6) is 5.41. The van der Waals surface area contributed by atoms with E-state index in [-0.39, 0.29) is 17.5 Å². The smallest absolute Gasteiger partial charge is 0.311 e. The molecule has 0 radical (unpaired) electrons. The first kappa shape index (κ1) is 18.3. The molecule has 0 aromatic carbocycles. The van der Waals surface area contributed by atoms with E-state index < -0.39 is 0 Å². The second-order valence-electron chi connectivity index (χ2n) is 10.0. The molecule has 0 saturated heterocycles. The maximum Gasteiger partial charge on any atom is 0.311 e. The molecule has 3 aliphatic rings. The number of fused-ring (bicyclic) bond motifs is 5. The van der Waals surface area contributed by atoms with Crippen molar-refractivity contribution < 1.29 is 9.53 Å². The van der Waals surface area contributed by atoms with Crippen molar-refractivity contribution in [3.63, 3.8) is 0 Å². The van der Waals surface area contributed by atoms with Crippen LogP contribution in [0, 0.1) is 40.9 Å². The summed E-state index contributed by atoms with van der Waals surface area (Å²) in [4.78, 5) is 12.6. The molecule has 3 aliphatic carbocycles. The highest BCUT2D eigenvalue weighted by Crippen LogP contribution is 2.61. The predicted octanol–water partition coefficient (Wildman–Crippen LogP) is 5.84. The van der Waals surface area contributed by atoms with Crippen molar-refractivity contribution in [2.75, 3.05) is 0 Å². The van der Waals surface area contributed by atoms with Crippen molar-refractivity contribution >= 4 is 5.97 Å². The zero-order chi connectivity index (χ0) is 17.5. The highest BCUT2D eigenvalue weighted by molar-refractivity contribution is 5.75. The third-order valence-electron chi connectivity index (χ3n) is 7.58. The molecule has 3 saturated carbocycles. The van der Waals surface area contributed by atoms with Crippen molar-refractivity contribution in [3.8, 4) is 0 Å². The molecule has 6 unspecified atom stereocenters. The Labute approximate surface area is 149 Å². The standard InChI is InChI=1S/C22H38O2/c1-6-22(4,5)21(23)24-17(10-14(2)3)12-15-11-16-13-20(15)19-9-7-8-18(16)19/h14-20H,6-13H2,1-5H3. The SMILES string of the molecule is CCC(C)(C)C(=O)OC(CC(C)C)CC1CC2CC1C1CCCC21. The molecule has 0 spiro atoms. The summed E-state index contributed by atoms with van der Waals surface area (Å²) in [5, 5.41) is 0. The monoisotopic (exact) mass is 334 g/mol. The van der Waals surface area contributed by atoms with E-state index in [2.05, 4.69) is 20.8 Å². The molecule has 0 aliphatic heterocycles. The number of carbonyl (C=O) groups is 1. The summed E-state index contributed by atoms with van der Waals surface area (Å²) in [7, 11) is 0. The minimum Gasteiger partial charge on any atom is -0.462 e. The Morgan fingerprint density at radius 1 is 1.12 bits per heavy atom. The number of esters is 1. The number of ether oxygens (including phenoxy) is 1. The topological polar surface area (TPSA) is 26.3 Å². The molecule has 0 aromatic heterocycles. The first-order valence-electron chi connectivity index (χ1n) is 10.5. The van der Waals surface area contributed by atoms with Gasteiger partial charge < -0.3 is 4.74 Å². The Balaban J connectivity index is 1.62. The minimum absolute atomic E-state index is 0.0116. The van der Waals surface area contributed by atoms with E-state index in [9.17, 15) is 4.79 Å². The fourth-order valence-electron chi connectivity index (χ4n) is 5.99. The fraction of sp³-hybridized carbons (Fsp3) is 0.955. The molecule has 3 fully saturated rings. The first-order valence-corrected chi connectivity index (χ1v) is 10.5. The fourth-order valence-corrected chi connectivity index (χ4v) is 5.99. The maximum atomic E-state index is 12.6. The Bertz CT molecular complexity index is 453. The largest absolute Gasteiger partial charge is 0.462 e. The Kier molecular flexibility index (Phi) is 5.33. The number of hydrogen-bond donors (Lipinski definition) is 0. The zero-order valence-corrected chi connectivity index (χ0v) is 16.5. The molecular formula is C22H38O2. The minimum atomic E-state index is -0.347. The maximum absolute atomic E-state index is 12.6. The van der Waals surface area contributed by atoms with E-state index in [1.807, 2.05) is 13.8 Å². The normalized spacial score (nSPS) is 36.2. The van der Waals surface area contributed by atoms with Gasteiger partial charge in [0.05, 0.1) is 5.41 Å². The summed E-state index contributed by atoms with van der Waals surface area (Å²) >= 11 is 0. The Morgan fingerprint density at radius 3 is 2.50 bits per heavy atom. The molecule has 2 bridgehead atoms. The van der Waals surface area contributed by atoms with Gasteiger partial charge in [0.15, 0.2) is 0 Å². The van der Waals surface area contributed by atoms with Crippen molar-refractivity contribution in [2.45, 2.75) is 92.1 Å². The van der Waals surface area contributed by atoms with Crippen LogP contribution in [0.2, 0.25) is 0 Å². The average Bonchev–Trinajstić information content (AvgIpc) is 3.18. The van der Waals surface area contributed by atoms with E-state index >= 15 is 0 Å². The van der Waals surface area contributed by atoms with Gasteiger partial charge in [-0.2, -0.15) is 0 Å². The molecule has 0 aromatic rings. The third kappa shape index (κ3) is 3.53. The second kappa shape index (κ2) is 7.00. The number of rotatable bonds is 7. The van der Waals surface area contributed by atoms with Crippen LogP contribution in [0.5, 0.6) is 0 Å². The van der Waals surface area contributed by atoms with Gasteiger partial charge in [0, 0.05) is 0 Å². The van der Waals surface area contributed by atoms with Gasteiger partial charge in [-0.3, -0.25) is 4.79 Å². The van der Waals surface area contributed by atoms with Gasteiger partial charge in [0.25, 0.3) is 0 Å². The van der Waals surface area contributed by atoms with E-state index in [1.165, 1.54) is 32.1 Å². The average molecular weight is 335 g/mol. The molecule has 0 heterocycles. The van der Waals surface area contributed by atoms with Crippen LogP contribution in [0.4, 0.5) is 0 Å². The summed E-state index contributed by atoms with van der Waals surface area (Å²) in [6.07, 6.45) is 10.4. The molecule has 2 heteroatoms. The molecule has 3 rings (SSSR count). The van der Waals surface area contributed by atoms with Crippen LogP contribution >= 0.6 is 0 Å². The lowest BCUT2D eigenvalue weighted by molar-refractivity contribution is -0.161. The lowest BCUT2D eigenvalue weighted by Crippen LogP contribution is -2.34. The summed E-state index contributed by atoms with van der Waals surface area (Å²) in [6.45, 7) is 10.6. The van der Waals surface area contributed by atoms with Gasteiger partial charge in [-0.1, -0.05) is 27.2 Å². The molecule has 0 N–H and O–H groups in total. The van der Waals surface area contributed by atoms with Crippen LogP contribution < -0.4 is 0 Å². The van der Waals surface area contributed by atoms with Crippen LogP contribution in [0.1, 0.15) is 86.0 Å². The predicted molar refractivity (Wildman–Crippen MR) is 98.6 cm³/mol. The van der Waals surface area contributed by atoms with Crippen LogP contribution in [-0.2, 0) is 9.53 Å². The summed E-state index contributed by atoms with van der Waals surface area (Å²) < 4.78 is 6.06. The van der Waals surface area contributed by atoms with Gasteiger partial charge in [-0.15, -0.1) is 0 Å². The van der Waals surface area contributed by atoms with Gasteiger partial charge in [-0.05, 0) is 94.3 Å². The van der Waals surface area contributed by atoms with Gasteiger partial charge in [-0.25, -0.2) is 0 Å². The van der Waals surface area contributed by atoms with Crippen molar-refractivity contribution in [1.29, 1.82) is 0 Å². The zero-order valence-electron chi connectivity index (χ0n) is 16.5. The Morgan fingerprint density at radius 2 is 1.83 bits per heavy atom. The van der Waals surface area contributed by atoms with Gasteiger partial charge in [0.2, 0.25) is 0 Å². The molecule has 138 valence electrons. The Hall–Kier alpha value is -0.530. The summed E-state index contributed by atoms with van der Waals surface area (Å²) in [5.41, 5.74) is -0.347. The molecule has 6 atom stereocenters. The van der Waals surface area contributed by atoms with Gasteiger partial charge in [0.1, 0.15) is 6.10 Å². The number of hydrogen-bond acceptors (Lipinski definition) is 2. The second-order valence-corrected chi connectivity index (χ2v) is 10.0. The third-order valence-corrected chi connectivity index (χ3v) is 7.58. The number of carbonyl (C=O) groups excluding carboxylic acids is 1. The van der Waals surface area contributed by atoms with Crippen molar-refractivity contribution in [2.24, 2.45) is 40.9 Å². The summed E-state index contributed by atoms with van der Waals surface area (Å²) in [6, 6.07) is 0. The molecular weight excluding hydrogens is 296 g/mol. The van der Waals surface area contributed by atoms with Crippen LogP contribution in [0.15, 0.2) is 0 Å². The molecule has 0 amide bonds. The first-order chi connectivity index (χ1) is 11.3. The van der Waals surface area contributed by atoms with Crippen LogP contribution in [0.25, 0.3) is 0 Å². The van der Waals surface area contributed by atoms with Gasteiger partial charge >= 0.3 is 5.97 Å². The van der Waals surface area contributed by atoms with Crippen molar-refractivity contribution in [3.05, 3.63) is 0 Å². The lowest BCUT2D eigenvalue weighted by Gasteiger charge is -2.34. The van der Waals surface area contributed by atoms with E-state index in [1.54, 1.807) is 0 Å². The van der Waals surface area contributed by atoms with Crippen molar-refractivity contribution in [1.82, 2.24) is 0 Å². The van der Waals surface area contributed by atoms with E-state index in [0.717, 1.165) is 48.9 Å².